The Morgan fingerprint density at radius 2 is 1.89 bits per heavy atom. The Labute approximate surface area is 117 Å². The minimum atomic E-state index is 0.426. The molecule has 1 saturated carbocycles. The summed E-state index contributed by atoms with van der Waals surface area (Å²) < 4.78 is 0. The van der Waals surface area contributed by atoms with Crippen molar-refractivity contribution in [2.24, 2.45) is 17.7 Å². The van der Waals surface area contributed by atoms with E-state index in [1.807, 2.05) is 0 Å². The first-order valence-corrected chi connectivity index (χ1v) is 7.65. The molecule has 3 N–H and O–H groups in total. The van der Waals surface area contributed by atoms with Gasteiger partial charge in [-0.25, -0.2) is 0 Å². The van der Waals surface area contributed by atoms with Gasteiger partial charge in [-0.2, -0.15) is 0 Å². The summed E-state index contributed by atoms with van der Waals surface area (Å²) in [7, 11) is 0. The number of hydrogen-bond acceptors (Lipinski definition) is 2. The van der Waals surface area contributed by atoms with Gasteiger partial charge in [0.05, 0.1) is 0 Å². The number of rotatable bonds is 5. The summed E-state index contributed by atoms with van der Waals surface area (Å²) in [4.78, 5) is 0. The predicted octanol–water partition coefficient (Wildman–Crippen LogP) is 3.62. The highest BCUT2D eigenvalue weighted by Gasteiger charge is 2.28. The third kappa shape index (κ3) is 3.80. The van der Waals surface area contributed by atoms with Crippen molar-refractivity contribution in [3.8, 4) is 0 Å². The van der Waals surface area contributed by atoms with Gasteiger partial charge in [0.1, 0.15) is 0 Å². The van der Waals surface area contributed by atoms with Crippen LogP contribution in [-0.2, 0) is 6.42 Å². The highest BCUT2D eigenvalue weighted by atomic mass is 15.2. The molecule has 3 atom stereocenters. The quantitative estimate of drug-likeness (QED) is 0.627. The Morgan fingerprint density at radius 1 is 1.21 bits per heavy atom. The first-order chi connectivity index (χ1) is 9.10. The maximum atomic E-state index is 5.77. The predicted molar refractivity (Wildman–Crippen MR) is 81.9 cm³/mol. The minimum absolute atomic E-state index is 0.426. The molecule has 1 fully saturated rings. The molecule has 2 nitrogen and oxygen atoms in total. The maximum absolute atomic E-state index is 5.77. The van der Waals surface area contributed by atoms with Crippen LogP contribution in [0.1, 0.15) is 57.1 Å². The van der Waals surface area contributed by atoms with E-state index in [1.54, 1.807) is 0 Å². The van der Waals surface area contributed by atoms with E-state index in [4.69, 9.17) is 5.84 Å². The largest absolute Gasteiger partial charge is 0.271 e. The summed E-state index contributed by atoms with van der Waals surface area (Å²) in [6.07, 6.45) is 5.04. The van der Waals surface area contributed by atoms with E-state index >= 15 is 0 Å². The molecule has 1 aliphatic rings. The first-order valence-electron chi connectivity index (χ1n) is 7.65. The number of hydrogen-bond donors (Lipinski definition) is 2. The van der Waals surface area contributed by atoms with Crippen molar-refractivity contribution in [2.75, 3.05) is 0 Å². The molecule has 0 aromatic heterocycles. The molecule has 0 heterocycles. The lowest BCUT2D eigenvalue weighted by molar-refractivity contribution is 0.353. The van der Waals surface area contributed by atoms with Crippen LogP contribution in [0.4, 0.5) is 0 Å². The third-order valence-electron chi connectivity index (χ3n) is 4.62. The zero-order valence-corrected chi connectivity index (χ0v) is 12.5. The van der Waals surface area contributed by atoms with Gasteiger partial charge < -0.3 is 0 Å². The zero-order chi connectivity index (χ0) is 13.8. The molecule has 2 rings (SSSR count). The average Bonchev–Trinajstić information content (AvgIpc) is 2.83. The van der Waals surface area contributed by atoms with Crippen LogP contribution in [0.3, 0.4) is 0 Å². The molecule has 106 valence electrons. The molecule has 1 aromatic carbocycles. The van der Waals surface area contributed by atoms with Crippen LogP contribution in [0.15, 0.2) is 24.3 Å². The molecule has 1 aliphatic carbocycles. The molecule has 1 aromatic rings. The van der Waals surface area contributed by atoms with Gasteiger partial charge in [0.2, 0.25) is 0 Å². The Bertz CT molecular complexity index is 383. The van der Waals surface area contributed by atoms with Crippen LogP contribution in [0.5, 0.6) is 0 Å². The van der Waals surface area contributed by atoms with Crippen LogP contribution >= 0.6 is 0 Å². The van der Waals surface area contributed by atoms with Crippen molar-refractivity contribution in [3.05, 3.63) is 35.4 Å². The van der Waals surface area contributed by atoms with Crippen molar-refractivity contribution in [3.63, 3.8) is 0 Å². The van der Waals surface area contributed by atoms with E-state index < -0.39 is 0 Å². The highest BCUT2D eigenvalue weighted by molar-refractivity contribution is 5.25. The lowest BCUT2D eigenvalue weighted by Gasteiger charge is -2.23. The zero-order valence-electron chi connectivity index (χ0n) is 12.5. The monoisotopic (exact) mass is 260 g/mol. The molecule has 0 amide bonds. The molecule has 3 unspecified atom stereocenters. The van der Waals surface area contributed by atoms with Crippen LogP contribution in [-0.4, -0.2) is 6.04 Å². The summed E-state index contributed by atoms with van der Waals surface area (Å²) in [5.74, 6) is 7.98. The molecule has 0 saturated heterocycles. The highest BCUT2D eigenvalue weighted by Crippen LogP contribution is 2.33. The second-order valence-electron chi connectivity index (χ2n) is 6.55. The lowest BCUT2D eigenvalue weighted by atomic mass is 9.91. The minimum Gasteiger partial charge on any atom is -0.271 e. The molecular weight excluding hydrogens is 232 g/mol. The van der Waals surface area contributed by atoms with Gasteiger partial charge in [0, 0.05) is 6.04 Å². The lowest BCUT2D eigenvalue weighted by Crippen LogP contribution is -2.41. The molecule has 19 heavy (non-hydrogen) atoms. The number of benzene rings is 1. The SMILES string of the molecule is CC1CCC(C(Cc2ccc(C(C)C)cc2)NN)C1. The number of hydrazine groups is 1. The average molecular weight is 260 g/mol. The van der Waals surface area contributed by atoms with Crippen LogP contribution in [0.2, 0.25) is 0 Å². The van der Waals surface area contributed by atoms with Gasteiger partial charge in [0.15, 0.2) is 0 Å². The maximum Gasteiger partial charge on any atom is 0.0279 e. The smallest absolute Gasteiger partial charge is 0.0279 e. The van der Waals surface area contributed by atoms with Crippen LogP contribution in [0, 0.1) is 11.8 Å². The summed E-state index contributed by atoms with van der Waals surface area (Å²) >= 11 is 0. The summed E-state index contributed by atoms with van der Waals surface area (Å²) in [6, 6.07) is 9.46. The Hall–Kier alpha value is -0.860. The summed E-state index contributed by atoms with van der Waals surface area (Å²) in [5, 5.41) is 0. The first kappa shape index (κ1) is 14.5. The van der Waals surface area contributed by atoms with Crippen molar-refractivity contribution < 1.29 is 0 Å². The Kier molecular flexibility index (Phi) is 5.00. The molecule has 0 radical (unpaired) electrons. The van der Waals surface area contributed by atoms with E-state index in [2.05, 4.69) is 50.5 Å². The van der Waals surface area contributed by atoms with Crippen molar-refractivity contribution in [1.29, 1.82) is 0 Å². The Balaban J connectivity index is 1.98. The van der Waals surface area contributed by atoms with Crippen molar-refractivity contribution >= 4 is 0 Å². The van der Waals surface area contributed by atoms with E-state index in [-0.39, 0.29) is 0 Å². The van der Waals surface area contributed by atoms with Gasteiger partial charge in [0.25, 0.3) is 0 Å². The summed E-state index contributed by atoms with van der Waals surface area (Å²) in [6.45, 7) is 6.82. The standard InChI is InChI=1S/C17H28N2/c1-12(2)15-8-5-14(6-9-15)11-17(19-18)16-7-4-13(3)10-16/h5-6,8-9,12-13,16-17,19H,4,7,10-11,18H2,1-3H3. The molecule has 2 heteroatoms. The van der Waals surface area contributed by atoms with Crippen LogP contribution in [0.25, 0.3) is 0 Å². The Morgan fingerprint density at radius 3 is 2.37 bits per heavy atom. The molecule has 0 aliphatic heterocycles. The van der Waals surface area contributed by atoms with Gasteiger partial charge >= 0.3 is 0 Å². The van der Waals surface area contributed by atoms with E-state index in [9.17, 15) is 0 Å². The van der Waals surface area contributed by atoms with Gasteiger partial charge in [-0.05, 0) is 48.1 Å². The van der Waals surface area contributed by atoms with E-state index in [1.165, 1.54) is 30.4 Å². The fourth-order valence-corrected chi connectivity index (χ4v) is 3.27. The summed E-state index contributed by atoms with van der Waals surface area (Å²) in [5.41, 5.74) is 5.86. The number of nitrogens with two attached hydrogens (primary N) is 1. The van der Waals surface area contributed by atoms with Crippen molar-refractivity contribution in [1.82, 2.24) is 5.43 Å². The molecule has 0 spiro atoms. The van der Waals surface area contributed by atoms with Gasteiger partial charge in [-0.1, -0.05) is 51.5 Å². The second-order valence-corrected chi connectivity index (χ2v) is 6.55. The van der Waals surface area contributed by atoms with Gasteiger partial charge in [-0.15, -0.1) is 0 Å². The number of nitrogens with one attached hydrogen (secondary N) is 1. The molecular formula is C17H28N2. The fraction of sp³-hybridized carbons (Fsp3) is 0.647. The third-order valence-corrected chi connectivity index (χ3v) is 4.62. The fourth-order valence-electron chi connectivity index (χ4n) is 3.27. The van der Waals surface area contributed by atoms with Gasteiger partial charge in [-0.3, -0.25) is 11.3 Å². The topological polar surface area (TPSA) is 38.0 Å². The van der Waals surface area contributed by atoms with Crippen molar-refractivity contribution in [2.45, 2.75) is 58.4 Å². The van der Waals surface area contributed by atoms with E-state index in [0.29, 0.717) is 12.0 Å². The normalized spacial score (nSPS) is 24.9. The second kappa shape index (κ2) is 6.53. The van der Waals surface area contributed by atoms with Crippen LogP contribution < -0.4 is 11.3 Å². The molecule has 0 bridgehead atoms. The van der Waals surface area contributed by atoms with E-state index in [0.717, 1.165) is 18.3 Å².